The first-order valence-corrected chi connectivity index (χ1v) is 8.65. The van der Waals surface area contributed by atoms with Gasteiger partial charge in [-0.2, -0.15) is 0 Å². The Labute approximate surface area is 140 Å². The Morgan fingerprint density at radius 3 is 2.96 bits per heavy atom. The highest BCUT2D eigenvalue weighted by atomic mass is 16.2. The molecule has 0 bridgehead atoms. The first-order chi connectivity index (χ1) is 11.6. The zero-order chi connectivity index (χ0) is 16.7. The number of hydrogen-bond acceptors (Lipinski definition) is 4. The molecule has 2 fully saturated rings. The summed E-state index contributed by atoms with van der Waals surface area (Å²) in [6.45, 7) is 5.35. The number of pyridine rings is 1. The second-order valence-electron chi connectivity index (χ2n) is 6.85. The fraction of sp³-hybridized carbons (Fsp3) is 0.500. The van der Waals surface area contributed by atoms with E-state index in [1.807, 2.05) is 17.9 Å². The molecule has 4 heterocycles. The van der Waals surface area contributed by atoms with Crippen molar-refractivity contribution in [2.24, 2.45) is 0 Å². The highest BCUT2D eigenvalue weighted by Crippen LogP contribution is 2.21. The molecule has 1 atom stereocenters. The van der Waals surface area contributed by atoms with Crippen molar-refractivity contribution in [2.75, 3.05) is 26.2 Å². The number of carbonyl (C=O) groups excluding carboxylic acids is 1. The van der Waals surface area contributed by atoms with Crippen molar-refractivity contribution in [1.29, 1.82) is 0 Å². The van der Waals surface area contributed by atoms with Crippen LogP contribution in [-0.2, 0) is 0 Å². The smallest absolute Gasteiger partial charge is 0.270 e. The summed E-state index contributed by atoms with van der Waals surface area (Å²) >= 11 is 0. The molecule has 1 amide bonds. The topological polar surface area (TPSA) is 57.9 Å². The predicted octanol–water partition coefficient (Wildman–Crippen LogP) is 1.31. The highest BCUT2D eigenvalue weighted by Gasteiger charge is 2.32. The quantitative estimate of drug-likeness (QED) is 0.793. The van der Waals surface area contributed by atoms with Crippen LogP contribution in [-0.4, -0.2) is 57.3 Å². The molecule has 2 aromatic heterocycles. The second kappa shape index (κ2) is 6.02. The van der Waals surface area contributed by atoms with E-state index in [1.165, 1.54) is 23.4 Å². The number of carbonyl (C=O) groups is 1. The van der Waals surface area contributed by atoms with E-state index in [-0.39, 0.29) is 17.0 Å². The monoisotopic (exact) mass is 326 g/mol. The van der Waals surface area contributed by atoms with Crippen LogP contribution in [0.2, 0.25) is 0 Å². The van der Waals surface area contributed by atoms with Gasteiger partial charge in [0.05, 0.1) is 0 Å². The summed E-state index contributed by atoms with van der Waals surface area (Å²) in [5.74, 6) is -0.186. The second-order valence-corrected chi connectivity index (χ2v) is 6.85. The average molecular weight is 326 g/mol. The number of rotatable bonds is 1. The molecule has 2 aliphatic rings. The maximum absolute atomic E-state index is 12.9. The zero-order valence-electron chi connectivity index (χ0n) is 13.9. The van der Waals surface area contributed by atoms with Gasteiger partial charge in [-0.05, 0) is 37.9 Å². The Morgan fingerprint density at radius 2 is 2.08 bits per heavy atom. The third kappa shape index (κ3) is 2.60. The molecule has 0 spiro atoms. The van der Waals surface area contributed by atoms with Crippen LogP contribution >= 0.6 is 0 Å². The SMILES string of the molecule is Cc1ccc2ncc(C(=O)N3CCN4CCCC[C@@H]4C3)c(=O)n2c1. The summed E-state index contributed by atoms with van der Waals surface area (Å²) in [5.41, 5.74) is 1.42. The summed E-state index contributed by atoms with van der Waals surface area (Å²) in [7, 11) is 0. The number of piperidine rings is 1. The van der Waals surface area contributed by atoms with Crippen LogP contribution in [0.4, 0.5) is 0 Å². The Hall–Kier alpha value is -2.21. The minimum atomic E-state index is -0.278. The van der Waals surface area contributed by atoms with E-state index in [2.05, 4.69) is 9.88 Å². The molecule has 0 aliphatic carbocycles. The van der Waals surface area contributed by atoms with Gasteiger partial charge < -0.3 is 4.90 Å². The number of fused-ring (bicyclic) bond motifs is 2. The Morgan fingerprint density at radius 1 is 1.21 bits per heavy atom. The summed E-state index contributed by atoms with van der Waals surface area (Å²) in [6.07, 6.45) is 6.78. The number of piperazine rings is 1. The van der Waals surface area contributed by atoms with Crippen molar-refractivity contribution >= 4 is 11.6 Å². The Kier molecular flexibility index (Phi) is 3.84. The van der Waals surface area contributed by atoms with E-state index < -0.39 is 0 Å². The third-order valence-electron chi connectivity index (χ3n) is 5.20. The van der Waals surface area contributed by atoms with Crippen molar-refractivity contribution < 1.29 is 4.79 Å². The van der Waals surface area contributed by atoms with Crippen molar-refractivity contribution in [1.82, 2.24) is 19.2 Å². The Bertz CT molecular complexity index is 845. The molecule has 2 saturated heterocycles. The molecule has 0 saturated carbocycles. The molecule has 126 valence electrons. The van der Waals surface area contributed by atoms with Crippen LogP contribution < -0.4 is 5.56 Å². The van der Waals surface area contributed by atoms with Crippen LogP contribution in [0, 0.1) is 6.92 Å². The van der Waals surface area contributed by atoms with Crippen molar-refractivity contribution in [3.8, 4) is 0 Å². The standard InChI is InChI=1S/C18H22N4O2/c1-13-5-6-16-19-10-15(18(24)22(16)11-13)17(23)21-9-8-20-7-3-2-4-14(20)12-21/h5-6,10-11,14H,2-4,7-9,12H2,1H3/t14-/m1/s1. The summed E-state index contributed by atoms with van der Waals surface area (Å²) in [5, 5.41) is 0. The van der Waals surface area contributed by atoms with Crippen LogP contribution in [0.5, 0.6) is 0 Å². The van der Waals surface area contributed by atoms with Gasteiger partial charge in [0, 0.05) is 38.1 Å². The fourth-order valence-electron chi connectivity index (χ4n) is 3.84. The molecule has 0 N–H and O–H groups in total. The molecule has 0 aromatic carbocycles. The van der Waals surface area contributed by atoms with E-state index in [4.69, 9.17) is 0 Å². The number of nitrogens with zero attached hydrogens (tertiary/aromatic N) is 4. The maximum Gasteiger partial charge on any atom is 0.270 e. The lowest BCUT2D eigenvalue weighted by atomic mass is 9.99. The van der Waals surface area contributed by atoms with Crippen LogP contribution in [0.1, 0.15) is 35.2 Å². The van der Waals surface area contributed by atoms with Crippen molar-refractivity contribution in [2.45, 2.75) is 32.2 Å². The fourth-order valence-corrected chi connectivity index (χ4v) is 3.84. The van der Waals surface area contributed by atoms with Crippen molar-refractivity contribution in [3.63, 3.8) is 0 Å². The van der Waals surface area contributed by atoms with Gasteiger partial charge in [0.2, 0.25) is 0 Å². The van der Waals surface area contributed by atoms with E-state index in [0.29, 0.717) is 18.2 Å². The summed E-state index contributed by atoms with van der Waals surface area (Å²) < 4.78 is 1.47. The normalized spacial score (nSPS) is 21.7. The first-order valence-electron chi connectivity index (χ1n) is 8.65. The molecule has 0 unspecified atom stereocenters. The summed E-state index contributed by atoms with van der Waals surface area (Å²) in [4.78, 5) is 34.2. The van der Waals surface area contributed by atoms with Gasteiger partial charge in [-0.1, -0.05) is 12.5 Å². The van der Waals surface area contributed by atoms with E-state index in [1.54, 1.807) is 12.3 Å². The minimum absolute atomic E-state index is 0.169. The van der Waals surface area contributed by atoms with Gasteiger partial charge in [0.25, 0.3) is 11.5 Å². The summed E-state index contributed by atoms with van der Waals surface area (Å²) in [6, 6.07) is 4.15. The third-order valence-corrected chi connectivity index (χ3v) is 5.20. The van der Waals surface area contributed by atoms with Gasteiger partial charge in [-0.15, -0.1) is 0 Å². The van der Waals surface area contributed by atoms with Crippen LogP contribution in [0.3, 0.4) is 0 Å². The van der Waals surface area contributed by atoms with E-state index in [0.717, 1.165) is 31.6 Å². The maximum atomic E-state index is 12.9. The molecule has 4 rings (SSSR count). The largest absolute Gasteiger partial charge is 0.336 e. The highest BCUT2D eigenvalue weighted by molar-refractivity contribution is 5.93. The molecule has 6 nitrogen and oxygen atoms in total. The molecular formula is C18H22N4O2. The lowest BCUT2D eigenvalue weighted by Crippen LogP contribution is -2.56. The van der Waals surface area contributed by atoms with Gasteiger partial charge in [0.1, 0.15) is 11.2 Å². The lowest BCUT2D eigenvalue weighted by molar-refractivity contribution is 0.0371. The molecule has 0 radical (unpaired) electrons. The first kappa shape index (κ1) is 15.3. The van der Waals surface area contributed by atoms with Gasteiger partial charge >= 0.3 is 0 Å². The predicted molar refractivity (Wildman–Crippen MR) is 91.3 cm³/mol. The average Bonchev–Trinajstić information content (AvgIpc) is 2.61. The van der Waals surface area contributed by atoms with Crippen LogP contribution in [0.25, 0.3) is 5.65 Å². The lowest BCUT2D eigenvalue weighted by Gasteiger charge is -2.43. The van der Waals surface area contributed by atoms with Gasteiger partial charge in [0.15, 0.2) is 0 Å². The minimum Gasteiger partial charge on any atom is -0.336 e. The van der Waals surface area contributed by atoms with Gasteiger partial charge in [-0.25, -0.2) is 4.98 Å². The molecular weight excluding hydrogens is 304 g/mol. The van der Waals surface area contributed by atoms with E-state index >= 15 is 0 Å². The number of aromatic nitrogens is 2. The molecule has 6 heteroatoms. The Balaban J connectivity index is 1.63. The van der Waals surface area contributed by atoms with Gasteiger partial charge in [-0.3, -0.25) is 18.9 Å². The number of amides is 1. The molecule has 24 heavy (non-hydrogen) atoms. The number of aryl methyl sites for hydroxylation is 1. The van der Waals surface area contributed by atoms with E-state index in [9.17, 15) is 9.59 Å². The van der Waals surface area contributed by atoms with Crippen LogP contribution in [0.15, 0.2) is 29.3 Å². The molecule has 2 aliphatic heterocycles. The number of hydrogen-bond donors (Lipinski definition) is 0. The molecule has 2 aromatic rings. The van der Waals surface area contributed by atoms with Crippen molar-refractivity contribution in [3.05, 3.63) is 46.0 Å². The zero-order valence-corrected chi connectivity index (χ0v) is 13.9.